The van der Waals surface area contributed by atoms with E-state index in [0.29, 0.717) is 22.4 Å². The third-order valence-electron chi connectivity index (χ3n) is 1.95. The number of nitriles is 1. The number of fused-ring (bicyclic) bond motifs is 1. The van der Waals surface area contributed by atoms with Crippen molar-refractivity contribution in [3.05, 3.63) is 18.2 Å². The maximum atomic E-state index is 8.53. The van der Waals surface area contributed by atoms with Gasteiger partial charge in [-0.2, -0.15) is 5.26 Å². The number of benzene rings is 1. The summed E-state index contributed by atoms with van der Waals surface area (Å²) in [5.74, 6) is 1.30. The number of hydrogen-bond acceptors (Lipinski definition) is 5. The number of hydrogen-bond donors (Lipinski definition) is 1. The van der Waals surface area contributed by atoms with Gasteiger partial charge in [0.15, 0.2) is 22.9 Å². The molecule has 0 aliphatic carbocycles. The zero-order chi connectivity index (χ0) is 11.4. The number of ether oxygens (including phenoxy) is 2. The van der Waals surface area contributed by atoms with Crippen molar-refractivity contribution in [3.8, 4) is 17.7 Å². The van der Waals surface area contributed by atoms with Crippen molar-refractivity contribution in [2.75, 3.05) is 13.0 Å². The Morgan fingerprint density at radius 3 is 3.19 bits per heavy atom. The highest BCUT2D eigenvalue weighted by molar-refractivity contribution is 8.13. The Labute approximate surface area is 97.1 Å². The Morgan fingerprint density at radius 2 is 2.44 bits per heavy atom. The quantitative estimate of drug-likeness (QED) is 0.348. The van der Waals surface area contributed by atoms with Gasteiger partial charge in [0.05, 0.1) is 0 Å². The lowest BCUT2D eigenvalue weighted by Crippen LogP contribution is -2.12. The number of nitrogens with zero attached hydrogens (tertiary/aromatic N) is 2. The Morgan fingerprint density at radius 1 is 1.56 bits per heavy atom. The molecule has 6 heteroatoms. The topological polar surface area (TPSA) is 66.6 Å². The van der Waals surface area contributed by atoms with Crippen LogP contribution in [0, 0.1) is 11.5 Å². The monoisotopic (exact) mass is 235 g/mol. The molecule has 82 valence electrons. The smallest absolute Gasteiger partial charge is 0.231 e. The molecule has 0 saturated carbocycles. The summed E-state index contributed by atoms with van der Waals surface area (Å²) in [6.45, 7) is 0.210. The van der Waals surface area contributed by atoms with E-state index in [4.69, 9.17) is 14.7 Å². The molecule has 0 radical (unpaired) electrons. The van der Waals surface area contributed by atoms with Gasteiger partial charge in [-0.05, 0) is 18.4 Å². The molecular weight excluding hydrogens is 226 g/mol. The molecule has 0 bridgehead atoms. The molecule has 0 amide bonds. The van der Waals surface area contributed by atoms with E-state index in [1.54, 1.807) is 0 Å². The lowest BCUT2D eigenvalue weighted by molar-refractivity contribution is 0.174. The molecule has 1 heterocycles. The van der Waals surface area contributed by atoms with Gasteiger partial charge in [-0.1, -0.05) is 17.8 Å². The molecule has 1 aliphatic rings. The third-order valence-corrected chi connectivity index (χ3v) is 2.53. The van der Waals surface area contributed by atoms with Gasteiger partial charge >= 0.3 is 0 Å². The second-order valence-corrected chi connectivity index (χ2v) is 3.66. The zero-order valence-corrected chi connectivity index (χ0v) is 9.37. The van der Waals surface area contributed by atoms with Crippen LogP contribution in [0.5, 0.6) is 11.5 Å². The number of amidine groups is 1. The van der Waals surface area contributed by atoms with Gasteiger partial charge in [-0.15, -0.1) is 0 Å². The fourth-order valence-corrected chi connectivity index (χ4v) is 1.62. The lowest BCUT2D eigenvalue weighted by atomic mass is 10.3. The molecule has 0 spiro atoms. The van der Waals surface area contributed by atoms with Gasteiger partial charge in [0.2, 0.25) is 6.79 Å². The normalized spacial score (nSPS) is 13.4. The van der Waals surface area contributed by atoms with Crippen molar-refractivity contribution >= 4 is 22.6 Å². The Hall–Kier alpha value is -1.87. The standard InChI is InChI=1S/C10H9N3O2S/c1-16-10(12-5-11)13-7-3-2-4-8-9(7)15-6-14-8/h2-4H,6H2,1H3,(H,12,13). The van der Waals surface area contributed by atoms with Crippen molar-refractivity contribution in [1.82, 2.24) is 5.32 Å². The van der Waals surface area contributed by atoms with E-state index in [2.05, 4.69) is 10.3 Å². The van der Waals surface area contributed by atoms with Crippen LogP contribution in [-0.2, 0) is 0 Å². The van der Waals surface area contributed by atoms with E-state index in [-0.39, 0.29) is 6.79 Å². The predicted molar refractivity (Wildman–Crippen MR) is 61.9 cm³/mol. The van der Waals surface area contributed by atoms with Crippen LogP contribution in [0.15, 0.2) is 23.2 Å². The molecule has 16 heavy (non-hydrogen) atoms. The first-order valence-corrected chi connectivity index (χ1v) is 5.74. The maximum absolute atomic E-state index is 8.53. The fraction of sp³-hybridized carbons (Fsp3) is 0.200. The van der Waals surface area contributed by atoms with E-state index < -0.39 is 0 Å². The van der Waals surface area contributed by atoms with Crippen molar-refractivity contribution < 1.29 is 9.47 Å². The first-order valence-electron chi connectivity index (χ1n) is 4.51. The predicted octanol–water partition coefficient (Wildman–Crippen LogP) is 1.84. The number of para-hydroxylation sites is 1. The van der Waals surface area contributed by atoms with Crippen molar-refractivity contribution in [1.29, 1.82) is 5.26 Å². The Kier molecular flexibility index (Phi) is 3.17. The van der Waals surface area contributed by atoms with Gasteiger partial charge < -0.3 is 9.47 Å². The highest BCUT2D eigenvalue weighted by Crippen LogP contribution is 2.40. The molecular formula is C10H9N3O2S. The largest absolute Gasteiger partial charge is 0.454 e. The highest BCUT2D eigenvalue weighted by Gasteiger charge is 2.17. The molecule has 2 rings (SSSR count). The zero-order valence-electron chi connectivity index (χ0n) is 8.56. The summed E-state index contributed by atoms with van der Waals surface area (Å²) in [5.41, 5.74) is 0.655. The summed E-state index contributed by atoms with van der Waals surface area (Å²) < 4.78 is 10.5. The van der Waals surface area contributed by atoms with Crippen molar-refractivity contribution in [2.24, 2.45) is 4.99 Å². The number of aliphatic imine (C=N–C) groups is 1. The molecule has 1 aromatic rings. The second-order valence-electron chi connectivity index (χ2n) is 2.87. The molecule has 0 fully saturated rings. The van der Waals surface area contributed by atoms with Crippen molar-refractivity contribution in [2.45, 2.75) is 0 Å². The maximum Gasteiger partial charge on any atom is 0.231 e. The second kappa shape index (κ2) is 4.77. The summed E-state index contributed by atoms with van der Waals surface area (Å²) in [4.78, 5) is 4.28. The summed E-state index contributed by atoms with van der Waals surface area (Å²) >= 11 is 1.35. The van der Waals surface area contributed by atoms with Gasteiger partial charge in [-0.25, -0.2) is 4.99 Å². The summed E-state index contributed by atoms with van der Waals surface area (Å²) in [5, 5.41) is 11.5. The van der Waals surface area contributed by atoms with Crippen LogP contribution in [-0.4, -0.2) is 18.2 Å². The van der Waals surface area contributed by atoms with Gasteiger partial charge in [0.25, 0.3) is 0 Å². The van der Waals surface area contributed by atoms with Crippen LogP contribution in [0.4, 0.5) is 5.69 Å². The molecule has 1 aromatic carbocycles. The minimum atomic E-state index is 0.210. The number of thioether (sulfide) groups is 1. The van der Waals surface area contributed by atoms with Crippen LogP contribution < -0.4 is 14.8 Å². The minimum Gasteiger partial charge on any atom is -0.454 e. The van der Waals surface area contributed by atoms with Crippen molar-refractivity contribution in [3.63, 3.8) is 0 Å². The SMILES string of the molecule is CSC(=Nc1cccc2c1OCO2)NC#N. The first kappa shape index (κ1) is 10.6. The lowest BCUT2D eigenvalue weighted by Gasteiger charge is -2.02. The third kappa shape index (κ3) is 2.04. The van der Waals surface area contributed by atoms with Crippen LogP contribution in [0.25, 0.3) is 0 Å². The van der Waals surface area contributed by atoms with E-state index >= 15 is 0 Å². The summed E-state index contributed by atoms with van der Waals surface area (Å²) in [6, 6.07) is 5.46. The molecule has 0 saturated heterocycles. The van der Waals surface area contributed by atoms with Gasteiger partial charge in [-0.3, -0.25) is 5.32 Å². The average molecular weight is 235 g/mol. The van der Waals surface area contributed by atoms with E-state index in [9.17, 15) is 0 Å². The first-order chi connectivity index (χ1) is 7.85. The molecule has 5 nitrogen and oxygen atoms in total. The van der Waals surface area contributed by atoms with Crippen LogP contribution in [0.3, 0.4) is 0 Å². The summed E-state index contributed by atoms with van der Waals surface area (Å²) in [7, 11) is 0. The molecule has 0 unspecified atom stereocenters. The Balaban J connectivity index is 2.34. The van der Waals surface area contributed by atoms with Crippen LogP contribution in [0.2, 0.25) is 0 Å². The molecule has 0 aromatic heterocycles. The summed E-state index contributed by atoms with van der Waals surface area (Å²) in [6.07, 6.45) is 3.67. The molecule has 0 atom stereocenters. The van der Waals surface area contributed by atoms with E-state index in [1.807, 2.05) is 30.6 Å². The Bertz CT molecular complexity index is 468. The molecule has 1 aliphatic heterocycles. The van der Waals surface area contributed by atoms with Crippen LogP contribution >= 0.6 is 11.8 Å². The highest BCUT2D eigenvalue weighted by atomic mass is 32.2. The van der Waals surface area contributed by atoms with E-state index in [1.165, 1.54) is 11.8 Å². The van der Waals surface area contributed by atoms with Gasteiger partial charge in [0, 0.05) is 0 Å². The number of rotatable bonds is 1. The van der Waals surface area contributed by atoms with Crippen LogP contribution in [0.1, 0.15) is 0 Å². The minimum absolute atomic E-state index is 0.210. The fourth-order valence-electron chi connectivity index (χ4n) is 1.28. The van der Waals surface area contributed by atoms with E-state index in [0.717, 1.165) is 0 Å². The van der Waals surface area contributed by atoms with Gasteiger partial charge in [0.1, 0.15) is 5.69 Å². The average Bonchev–Trinajstić information content (AvgIpc) is 2.77. The number of nitrogens with one attached hydrogen (secondary N) is 1. The molecule has 1 N–H and O–H groups in total.